The molecule has 2 unspecified atom stereocenters. The molecule has 3 saturated heterocycles. The largest absolute Gasteiger partial charge is 0.373 e. The molecule has 1 N–H and O–H groups in total. The molecule has 0 aliphatic carbocycles. The lowest BCUT2D eigenvalue weighted by molar-refractivity contribution is -0.0455. The second-order valence-corrected chi connectivity index (χ2v) is 8.28. The standard InChI is InChI=1S/C23H35N5O/c1-24-23(25-17-22-18-28-12-6-10-21(28)19-29-22)27-15-13-26(14-16-27)11-5-9-20-7-3-2-4-8-20/h2-5,7-9,21-22H,6,10-19H2,1H3,(H,24,25). The van der Waals surface area contributed by atoms with E-state index in [4.69, 9.17) is 4.74 Å². The van der Waals surface area contributed by atoms with Crippen molar-refractivity contribution in [1.29, 1.82) is 0 Å². The first-order valence-electron chi connectivity index (χ1n) is 11.1. The van der Waals surface area contributed by atoms with Crippen molar-refractivity contribution in [2.75, 3.05) is 66.0 Å². The summed E-state index contributed by atoms with van der Waals surface area (Å²) in [6.07, 6.45) is 7.37. The molecule has 1 aromatic rings. The van der Waals surface area contributed by atoms with Crippen LogP contribution in [0.3, 0.4) is 0 Å². The number of piperazine rings is 1. The molecule has 2 atom stereocenters. The highest BCUT2D eigenvalue weighted by molar-refractivity contribution is 5.80. The maximum absolute atomic E-state index is 6.08. The van der Waals surface area contributed by atoms with Crippen LogP contribution in [0.4, 0.5) is 0 Å². The maximum Gasteiger partial charge on any atom is 0.193 e. The number of rotatable bonds is 5. The van der Waals surface area contributed by atoms with Gasteiger partial charge in [-0.3, -0.25) is 14.8 Å². The molecule has 0 amide bonds. The fraction of sp³-hybridized carbons (Fsp3) is 0.609. The summed E-state index contributed by atoms with van der Waals surface area (Å²) in [5, 5.41) is 3.56. The predicted octanol–water partition coefficient (Wildman–Crippen LogP) is 1.76. The van der Waals surface area contributed by atoms with Crippen molar-refractivity contribution < 1.29 is 4.74 Å². The van der Waals surface area contributed by atoms with Crippen LogP contribution in [0.5, 0.6) is 0 Å². The van der Waals surface area contributed by atoms with Crippen molar-refractivity contribution in [1.82, 2.24) is 20.0 Å². The summed E-state index contributed by atoms with van der Waals surface area (Å²) in [5.41, 5.74) is 1.26. The Morgan fingerprint density at radius 1 is 1.17 bits per heavy atom. The van der Waals surface area contributed by atoms with E-state index in [-0.39, 0.29) is 6.10 Å². The lowest BCUT2D eigenvalue weighted by atomic mass is 10.2. The number of hydrogen-bond donors (Lipinski definition) is 1. The Bertz CT molecular complexity index is 684. The first-order valence-corrected chi connectivity index (χ1v) is 11.1. The van der Waals surface area contributed by atoms with Crippen molar-refractivity contribution in [3.63, 3.8) is 0 Å². The molecule has 29 heavy (non-hydrogen) atoms. The third-order valence-corrected chi connectivity index (χ3v) is 6.31. The lowest BCUT2D eigenvalue weighted by Crippen LogP contribution is -2.55. The number of fused-ring (bicyclic) bond motifs is 1. The summed E-state index contributed by atoms with van der Waals surface area (Å²) in [7, 11) is 1.88. The molecule has 4 rings (SSSR count). The highest BCUT2D eigenvalue weighted by Crippen LogP contribution is 2.22. The van der Waals surface area contributed by atoms with E-state index in [9.17, 15) is 0 Å². The van der Waals surface area contributed by atoms with Crippen molar-refractivity contribution in [2.45, 2.75) is 25.0 Å². The third kappa shape index (κ3) is 5.59. The first kappa shape index (κ1) is 20.4. The number of hydrogen-bond acceptors (Lipinski definition) is 4. The minimum Gasteiger partial charge on any atom is -0.373 e. The molecular formula is C23H35N5O. The van der Waals surface area contributed by atoms with Gasteiger partial charge in [-0.25, -0.2) is 0 Å². The van der Waals surface area contributed by atoms with Gasteiger partial charge in [0, 0.05) is 58.9 Å². The van der Waals surface area contributed by atoms with Gasteiger partial charge in [0.15, 0.2) is 5.96 Å². The normalized spacial score (nSPS) is 26.8. The molecule has 3 aliphatic rings. The van der Waals surface area contributed by atoms with Crippen LogP contribution in [0, 0.1) is 0 Å². The molecule has 0 spiro atoms. The number of nitrogens with one attached hydrogen (secondary N) is 1. The Hall–Kier alpha value is -1.89. The maximum atomic E-state index is 6.08. The highest BCUT2D eigenvalue weighted by Gasteiger charge is 2.32. The molecular weight excluding hydrogens is 362 g/mol. The van der Waals surface area contributed by atoms with E-state index in [0.29, 0.717) is 6.04 Å². The molecule has 1 aromatic carbocycles. The molecule has 0 saturated carbocycles. The van der Waals surface area contributed by atoms with Crippen LogP contribution in [-0.4, -0.2) is 98.8 Å². The minimum atomic E-state index is 0.269. The van der Waals surface area contributed by atoms with Gasteiger partial charge >= 0.3 is 0 Å². The Labute approximate surface area is 175 Å². The van der Waals surface area contributed by atoms with Gasteiger partial charge in [0.05, 0.1) is 12.7 Å². The van der Waals surface area contributed by atoms with Gasteiger partial charge < -0.3 is 15.0 Å². The summed E-state index contributed by atoms with van der Waals surface area (Å²) in [4.78, 5) is 12.0. The van der Waals surface area contributed by atoms with E-state index in [2.05, 4.69) is 67.5 Å². The number of benzene rings is 1. The van der Waals surface area contributed by atoms with Crippen molar-refractivity contribution in [3.05, 3.63) is 42.0 Å². The lowest BCUT2D eigenvalue weighted by Gasteiger charge is -2.38. The molecule has 6 heteroatoms. The summed E-state index contributed by atoms with van der Waals surface area (Å²) < 4.78 is 6.08. The SMILES string of the molecule is CN=C(NCC1CN2CCCC2CO1)N1CCN(CC=Cc2ccccc2)CC1. The fourth-order valence-corrected chi connectivity index (χ4v) is 4.59. The second kappa shape index (κ2) is 10.2. The van der Waals surface area contributed by atoms with Crippen molar-refractivity contribution >= 4 is 12.0 Å². The molecule has 0 aromatic heterocycles. The highest BCUT2D eigenvalue weighted by atomic mass is 16.5. The van der Waals surface area contributed by atoms with Crippen LogP contribution in [0.1, 0.15) is 18.4 Å². The van der Waals surface area contributed by atoms with Crippen LogP contribution in [-0.2, 0) is 4.74 Å². The molecule has 3 fully saturated rings. The molecule has 6 nitrogen and oxygen atoms in total. The topological polar surface area (TPSA) is 43.3 Å². The monoisotopic (exact) mass is 397 g/mol. The van der Waals surface area contributed by atoms with Gasteiger partial charge in [0.2, 0.25) is 0 Å². The van der Waals surface area contributed by atoms with E-state index in [0.717, 1.165) is 58.4 Å². The van der Waals surface area contributed by atoms with Crippen molar-refractivity contribution in [3.8, 4) is 0 Å². The van der Waals surface area contributed by atoms with Crippen LogP contribution >= 0.6 is 0 Å². The van der Waals surface area contributed by atoms with Gasteiger partial charge in [-0.15, -0.1) is 0 Å². The Morgan fingerprint density at radius 3 is 2.79 bits per heavy atom. The zero-order valence-corrected chi connectivity index (χ0v) is 17.7. The average molecular weight is 398 g/mol. The Balaban J connectivity index is 1.17. The first-order chi connectivity index (χ1) is 14.3. The molecule has 0 radical (unpaired) electrons. The minimum absolute atomic E-state index is 0.269. The summed E-state index contributed by atoms with van der Waals surface area (Å²) in [6, 6.07) is 11.2. The molecule has 0 bridgehead atoms. The van der Waals surface area contributed by atoms with Gasteiger partial charge in [0.25, 0.3) is 0 Å². The number of morpholine rings is 1. The zero-order valence-electron chi connectivity index (χ0n) is 17.7. The van der Waals surface area contributed by atoms with E-state index < -0.39 is 0 Å². The second-order valence-electron chi connectivity index (χ2n) is 8.28. The molecule has 158 valence electrons. The number of guanidine groups is 1. The van der Waals surface area contributed by atoms with Gasteiger partial charge in [-0.2, -0.15) is 0 Å². The molecule has 3 aliphatic heterocycles. The van der Waals surface area contributed by atoms with Crippen molar-refractivity contribution in [2.24, 2.45) is 4.99 Å². The summed E-state index contributed by atoms with van der Waals surface area (Å²) >= 11 is 0. The van der Waals surface area contributed by atoms with Crippen LogP contribution in [0.15, 0.2) is 41.4 Å². The number of aliphatic imine (C=N–C) groups is 1. The van der Waals surface area contributed by atoms with Crippen LogP contribution in [0.25, 0.3) is 6.08 Å². The van der Waals surface area contributed by atoms with E-state index in [1.807, 2.05) is 7.05 Å². The number of nitrogens with zero attached hydrogens (tertiary/aromatic N) is 4. The van der Waals surface area contributed by atoms with Gasteiger partial charge in [-0.1, -0.05) is 42.5 Å². The summed E-state index contributed by atoms with van der Waals surface area (Å²) in [5.74, 6) is 1.01. The van der Waals surface area contributed by atoms with Gasteiger partial charge in [0.1, 0.15) is 0 Å². The summed E-state index contributed by atoms with van der Waals surface area (Å²) in [6.45, 7) is 9.18. The predicted molar refractivity (Wildman–Crippen MR) is 119 cm³/mol. The number of ether oxygens (including phenoxy) is 1. The third-order valence-electron chi connectivity index (χ3n) is 6.31. The molecule has 3 heterocycles. The Morgan fingerprint density at radius 2 is 2.00 bits per heavy atom. The average Bonchev–Trinajstić information content (AvgIpc) is 3.24. The fourth-order valence-electron chi connectivity index (χ4n) is 4.59. The van der Waals surface area contributed by atoms with Crippen LogP contribution in [0.2, 0.25) is 0 Å². The smallest absolute Gasteiger partial charge is 0.193 e. The van der Waals surface area contributed by atoms with E-state index >= 15 is 0 Å². The Kier molecular flexibility index (Phi) is 7.19. The van der Waals surface area contributed by atoms with Crippen LogP contribution < -0.4 is 5.32 Å². The van der Waals surface area contributed by atoms with Gasteiger partial charge in [-0.05, 0) is 24.9 Å². The quantitative estimate of drug-likeness (QED) is 0.606. The zero-order chi connectivity index (χ0) is 19.9. The van der Waals surface area contributed by atoms with E-state index in [1.165, 1.54) is 24.9 Å². The van der Waals surface area contributed by atoms with E-state index in [1.54, 1.807) is 0 Å².